The van der Waals surface area contributed by atoms with Crippen LogP contribution in [0.25, 0.3) is 0 Å². The van der Waals surface area contributed by atoms with Gasteiger partial charge >= 0.3 is 12.1 Å². The first kappa shape index (κ1) is 22.0. The topological polar surface area (TPSA) is 111 Å². The molecule has 2 aromatic carbocycles. The highest BCUT2D eigenvalue weighted by molar-refractivity contribution is 5.86. The van der Waals surface area contributed by atoms with Crippen LogP contribution in [-0.4, -0.2) is 35.3 Å². The lowest BCUT2D eigenvalue weighted by molar-refractivity contribution is 0.0592. The number of carbonyl (C=O) groups excluding carboxylic acids is 2. The Bertz CT molecular complexity index is 974. The Morgan fingerprint density at radius 2 is 1.71 bits per heavy atom. The summed E-state index contributed by atoms with van der Waals surface area (Å²) in [6.45, 7) is 0.0969. The predicted molar refractivity (Wildman–Crippen MR) is 111 cm³/mol. The molecule has 0 aliphatic rings. The van der Waals surface area contributed by atoms with Gasteiger partial charge in [-0.05, 0) is 24.0 Å². The molecule has 8 heteroatoms. The fraction of sp³-hybridized carbons (Fsp3) is 0.261. The molecule has 2 atom stereocenters. The van der Waals surface area contributed by atoms with Crippen molar-refractivity contribution < 1.29 is 28.6 Å². The number of rotatable bonds is 9. The second-order valence-corrected chi connectivity index (χ2v) is 6.84. The number of alkyl carbamates (subject to hydrolysis) is 1. The van der Waals surface area contributed by atoms with Crippen molar-refractivity contribution in [2.45, 2.75) is 31.6 Å². The Morgan fingerprint density at radius 3 is 2.35 bits per heavy atom. The molecule has 0 bridgehead atoms. The van der Waals surface area contributed by atoms with Crippen LogP contribution in [-0.2, 0) is 22.5 Å². The largest absolute Gasteiger partial charge is 0.464 e. The molecule has 0 spiro atoms. The van der Waals surface area contributed by atoms with Crippen molar-refractivity contribution in [3.63, 3.8) is 0 Å². The van der Waals surface area contributed by atoms with Crippen LogP contribution in [0.1, 0.15) is 40.0 Å². The van der Waals surface area contributed by atoms with Gasteiger partial charge in [-0.1, -0.05) is 60.7 Å². The lowest BCUT2D eigenvalue weighted by atomic mass is 10.0. The van der Waals surface area contributed by atoms with Gasteiger partial charge < -0.3 is 24.3 Å². The summed E-state index contributed by atoms with van der Waals surface area (Å²) in [6.07, 6.45) is 0.118. The van der Waals surface area contributed by atoms with E-state index >= 15 is 0 Å². The summed E-state index contributed by atoms with van der Waals surface area (Å²) in [5.74, 6) is -0.778. The molecule has 0 saturated heterocycles. The van der Waals surface area contributed by atoms with Crippen LogP contribution in [0.5, 0.6) is 0 Å². The van der Waals surface area contributed by atoms with Crippen LogP contribution < -0.4 is 5.32 Å². The van der Waals surface area contributed by atoms with E-state index in [0.29, 0.717) is 12.8 Å². The summed E-state index contributed by atoms with van der Waals surface area (Å²) in [5.41, 5.74) is 1.82. The van der Waals surface area contributed by atoms with Crippen LogP contribution in [0, 0.1) is 0 Å². The number of esters is 1. The molecule has 162 valence electrons. The van der Waals surface area contributed by atoms with Crippen LogP contribution in [0.3, 0.4) is 0 Å². The zero-order valence-electron chi connectivity index (χ0n) is 17.1. The Labute approximate surface area is 179 Å². The number of hydrogen-bond donors (Lipinski definition) is 2. The number of methoxy groups -OCH3 is 1. The number of amides is 1. The Morgan fingerprint density at radius 1 is 1.06 bits per heavy atom. The van der Waals surface area contributed by atoms with Gasteiger partial charge in [0.2, 0.25) is 5.89 Å². The van der Waals surface area contributed by atoms with E-state index in [1.54, 1.807) is 0 Å². The van der Waals surface area contributed by atoms with E-state index in [4.69, 9.17) is 9.15 Å². The number of aliphatic hydroxyl groups excluding tert-OH is 1. The second-order valence-electron chi connectivity index (χ2n) is 6.84. The third-order valence-corrected chi connectivity index (χ3v) is 4.65. The lowest BCUT2D eigenvalue weighted by Gasteiger charge is -2.22. The van der Waals surface area contributed by atoms with E-state index in [0.717, 1.165) is 17.4 Å². The van der Waals surface area contributed by atoms with Crippen molar-refractivity contribution in [2.75, 3.05) is 7.11 Å². The van der Waals surface area contributed by atoms with Gasteiger partial charge in [-0.2, -0.15) is 0 Å². The van der Waals surface area contributed by atoms with Gasteiger partial charge in [-0.15, -0.1) is 0 Å². The Hall–Kier alpha value is -3.65. The maximum Gasteiger partial charge on any atom is 0.407 e. The normalized spacial score (nSPS) is 12.6. The van der Waals surface area contributed by atoms with E-state index in [1.165, 1.54) is 7.11 Å². The molecule has 0 saturated carbocycles. The zero-order chi connectivity index (χ0) is 22.1. The number of carbonyl (C=O) groups is 2. The lowest BCUT2D eigenvalue weighted by Crippen LogP contribution is -2.40. The first-order valence-corrected chi connectivity index (χ1v) is 9.79. The standard InChI is InChI=1S/C23H24N2O6/c1-29-22(27)19-15-30-21(24-19)20(26)18(13-12-16-8-4-2-5-9-16)25-23(28)31-14-17-10-6-3-7-11-17/h2-11,15,18,20,26H,12-14H2,1H3,(H,25,28)/t18-,20?/m0/s1. The molecule has 3 rings (SSSR count). The van der Waals surface area contributed by atoms with Crippen LogP contribution in [0.2, 0.25) is 0 Å². The smallest absolute Gasteiger partial charge is 0.407 e. The highest BCUT2D eigenvalue weighted by Crippen LogP contribution is 2.21. The van der Waals surface area contributed by atoms with Crippen LogP contribution in [0.4, 0.5) is 4.79 Å². The predicted octanol–water partition coefficient (Wildman–Crippen LogP) is 3.42. The molecule has 1 amide bonds. The minimum absolute atomic E-state index is 0.0648. The fourth-order valence-electron chi connectivity index (χ4n) is 2.99. The van der Waals surface area contributed by atoms with Crippen molar-refractivity contribution in [3.8, 4) is 0 Å². The number of ether oxygens (including phenoxy) is 2. The average molecular weight is 424 g/mol. The van der Waals surface area contributed by atoms with Gasteiger partial charge in [-0.25, -0.2) is 14.6 Å². The Kier molecular flexibility index (Phi) is 7.78. The number of aliphatic hydroxyl groups is 1. The number of nitrogens with one attached hydrogen (secondary N) is 1. The molecular formula is C23H24N2O6. The van der Waals surface area contributed by atoms with Gasteiger partial charge in [-0.3, -0.25) is 0 Å². The minimum Gasteiger partial charge on any atom is -0.464 e. The molecule has 8 nitrogen and oxygen atoms in total. The molecular weight excluding hydrogens is 400 g/mol. The molecule has 0 radical (unpaired) electrons. The van der Waals surface area contributed by atoms with E-state index in [-0.39, 0.29) is 18.2 Å². The van der Waals surface area contributed by atoms with Gasteiger partial charge in [0.15, 0.2) is 11.8 Å². The monoisotopic (exact) mass is 424 g/mol. The van der Waals surface area contributed by atoms with Gasteiger partial charge in [0.25, 0.3) is 0 Å². The third kappa shape index (κ3) is 6.42. The highest BCUT2D eigenvalue weighted by Gasteiger charge is 2.28. The number of hydrogen-bond acceptors (Lipinski definition) is 7. The van der Waals surface area contributed by atoms with Crippen LogP contribution in [0.15, 0.2) is 71.3 Å². The minimum atomic E-state index is -1.29. The maximum atomic E-state index is 12.4. The maximum absolute atomic E-state index is 12.4. The van der Waals surface area contributed by atoms with Gasteiger partial charge in [0, 0.05) is 0 Å². The number of aromatic nitrogens is 1. The van der Waals surface area contributed by atoms with Crippen molar-refractivity contribution in [2.24, 2.45) is 0 Å². The van der Waals surface area contributed by atoms with Gasteiger partial charge in [0.1, 0.15) is 12.9 Å². The third-order valence-electron chi connectivity index (χ3n) is 4.65. The van der Waals surface area contributed by atoms with Crippen molar-refractivity contribution >= 4 is 12.1 Å². The molecule has 3 aromatic rings. The quantitative estimate of drug-likeness (QED) is 0.506. The van der Waals surface area contributed by atoms with Crippen LogP contribution >= 0.6 is 0 Å². The molecule has 31 heavy (non-hydrogen) atoms. The summed E-state index contributed by atoms with van der Waals surface area (Å²) in [7, 11) is 1.22. The summed E-state index contributed by atoms with van der Waals surface area (Å²) in [4.78, 5) is 27.9. The SMILES string of the molecule is COC(=O)c1coc(C(O)[C@H](CCc2ccccc2)NC(=O)OCc2ccccc2)n1. The second kappa shape index (κ2) is 10.9. The summed E-state index contributed by atoms with van der Waals surface area (Å²) in [5, 5.41) is 13.5. The molecule has 2 N–H and O–H groups in total. The number of nitrogens with zero attached hydrogens (tertiary/aromatic N) is 1. The zero-order valence-corrected chi connectivity index (χ0v) is 17.1. The van der Waals surface area contributed by atoms with Gasteiger partial charge in [0.05, 0.1) is 13.2 Å². The molecule has 1 aromatic heterocycles. The molecule has 1 unspecified atom stereocenters. The number of benzene rings is 2. The average Bonchev–Trinajstić information content (AvgIpc) is 3.31. The molecule has 0 aliphatic heterocycles. The van der Waals surface area contributed by atoms with E-state index in [1.807, 2.05) is 60.7 Å². The van der Waals surface area contributed by atoms with Crippen molar-refractivity contribution in [1.29, 1.82) is 0 Å². The number of oxazole rings is 1. The number of aryl methyl sites for hydroxylation is 1. The van der Waals surface area contributed by atoms with E-state index in [9.17, 15) is 14.7 Å². The van der Waals surface area contributed by atoms with E-state index < -0.39 is 24.2 Å². The molecule has 0 aliphatic carbocycles. The molecule has 1 heterocycles. The molecule has 0 fully saturated rings. The first-order chi connectivity index (χ1) is 15.1. The Balaban J connectivity index is 1.68. The van der Waals surface area contributed by atoms with Crippen molar-refractivity contribution in [1.82, 2.24) is 10.3 Å². The van der Waals surface area contributed by atoms with E-state index in [2.05, 4.69) is 15.0 Å². The summed E-state index contributed by atoms with van der Waals surface area (Å²) in [6, 6.07) is 18.2. The summed E-state index contributed by atoms with van der Waals surface area (Å²) >= 11 is 0. The fourth-order valence-corrected chi connectivity index (χ4v) is 2.99. The van der Waals surface area contributed by atoms with Crippen molar-refractivity contribution in [3.05, 3.63) is 89.6 Å². The summed E-state index contributed by atoms with van der Waals surface area (Å²) < 4.78 is 15.1. The highest BCUT2D eigenvalue weighted by atomic mass is 16.5. The first-order valence-electron chi connectivity index (χ1n) is 9.79.